The summed E-state index contributed by atoms with van der Waals surface area (Å²) in [5.74, 6) is 0. The van der Waals surface area contributed by atoms with E-state index in [4.69, 9.17) is 0 Å². The zero-order valence-corrected chi connectivity index (χ0v) is 36.6. The molecule has 0 aromatic rings. The molecule has 0 spiro atoms. The average Bonchev–Trinajstić information content (AvgIpc) is 3.20. The van der Waals surface area contributed by atoms with Crippen LogP contribution in [0.1, 0.15) is 0 Å². The lowest BCUT2D eigenvalue weighted by Gasteiger charge is -2.30. The summed E-state index contributed by atoms with van der Waals surface area (Å²) in [7, 11) is 8.37. The molecule has 18 heteroatoms. The van der Waals surface area contributed by atoms with E-state index in [0.29, 0.717) is 39.3 Å². The minimum Gasteiger partial charge on any atom is -0.314 e. The van der Waals surface area contributed by atoms with Gasteiger partial charge < -0.3 is 59.0 Å². The van der Waals surface area contributed by atoms with Crippen LogP contribution in [-0.2, 0) is 28.8 Å². The number of hydrogen-bond donors (Lipinski definition) is 2. The Bertz CT molecular complexity index is 888. The van der Waals surface area contributed by atoms with E-state index in [1.54, 1.807) is 0 Å². The van der Waals surface area contributed by atoms with Crippen molar-refractivity contribution in [2.24, 2.45) is 0 Å². The van der Waals surface area contributed by atoms with Crippen molar-refractivity contribution in [3.05, 3.63) is 0 Å². The molecule has 0 radical (unpaired) electrons. The van der Waals surface area contributed by atoms with Gasteiger partial charge in [0.1, 0.15) is 37.7 Å². The van der Waals surface area contributed by atoms with Gasteiger partial charge in [-0.3, -0.25) is 29.4 Å². The van der Waals surface area contributed by atoms with Gasteiger partial charge in [0, 0.05) is 157 Å². The predicted octanol–water partition coefficient (Wildman–Crippen LogP) is -4.09. The second-order valence-corrected chi connectivity index (χ2v) is 15.5. The van der Waals surface area contributed by atoms with Crippen LogP contribution < -0.4 is 10.6 Å². The monoisotopic (exact) mass is 825 g/mol. The van der Waals surface area contributed by atoms with Crippen LogP contribution >= 0.6 is 0 Å². The fraction of sp³-hybridized carbons (Fsp3) is 0.850. The molecule has 336 valence electrons. The molecule has 58 heavy (non-hydrogen) atoms. The summed E-state index contributed by atoms with van der Waals surface area (Å²) in [6.07, 6.45) is 5.85. The highest BCUT2D eigenvalue weighted by atomic mass is 16.1. The van der Waals surface area contributed by atoms with Crippen molar-refractivity contribution in [3.63, 3.8) is 0 Å². The maximum absolute atomic E-state index is 10.7. The molecule has 0 unspecified atom stereocenters. The topological polar surface area (TPSA) is 159 Å². The van der Waals surface area contributed by atoms with Crippen LogP contribution in [0.25, 0.3) is 0 Å². The Hall–Kier alpha value is -2.46. The van der Waals surface area contributed by atoms with Gasteiger partial charge >= 0.3 is 0 Å². The van der Waals surface area contributed by atoms with Gasteiger partial charge in [-0.25, -0.2) is 0 Å². The average molecular weight is 825 g/mol. The molecule has 0 aliphatic carbocycles. The van der Waals surface area contributed by atoms with Crippen LogP contribution in [0.4, 0.5) is 0 Å². The Kier molecular flexibility index (Phi) is 33.6. The molecule has 0 bridgehead atoms. The second-order valence-electron chi connectivity index (χ2n) is 15.5. The van der Waals surface area contributed by atoms with E-state index in [1.165, 1.54) is 0 Å². The van der Waals surface area contributed by atoms with Gasteiger partial charge in [0.2, 0.25) is 0 Å². The molecule has 2 N–H and O–H groups in total. The molecule has 3 rings (SSSR count). The van der Waals surface area contributed by atoms with Crippen molar-refractivity contribution in [3.8, 4) is 0 Å². The van der Waals surface area contributed by atoms with Crippen LogP contribution in [0.2, 0.25) is 0 Å². The number of carbonyl (C=O) groups excluding carboxylic acids is 6. The van der Waals surface area contributed by atoms with E-state index in [0.717, 1.165) is 195 Å². The molecule has 3 fully saturated rings. The Morgan fingerprint density at radius 1 is 0.276 bits per heavy atom. The van der Waals surface area contributed by atoms with Gasteiger partial charge in [0.25, 0.3) is 0 Å². The lowest BCUT2D eigenvalue weighted by Crippen LogP contribution is -2.44. The molecule has 0 aromatic heterocycles. The third-order valence-corrected chi connectivity index (χ3v) is 10.8. The van der Waals surface area contributed by atoms with Crippen LogP contribution in [0.3, 0.4) is 0 Å². The third-order valence-electron chi connectivity index (χ3n) is 10.8. The number of nitrogens with zero attached hydrogens (tertiary/aromatic N) is 10. The SMILES string of the molecule is CN1CCN(CC=O)CCN(C)CCN(CC=O)CC1.CN1CCN(CC=O)CCN(C)CCN(CC=O)CC1.O=CCN1CCNCCN(CC=O)CCNCC1. The Labute approximate surface area is 350 Å². The highest BCUT2D eigenvalue weighted by molar-refractivity contribution is 5.53. The Balaban J connectivity index is 0.000000436. The maximum Gasteiger partial charge on any atom is 0.133 e. The molecule has 3 heterocycles. The summed E-state index contributed by atoms with van der Waals surface area (Å²) in [5.41, 5.74) is 0. The normalized spacial score (nSPS) is 22.6. The standard InChI is InChI=1S/2C14H28N4O2.C12H24N4O2/c2*1-15-3-7-17(11-13-19)9-5-16(2)6-10-18(8-4-15)12-14-20;17-11-9-15-5-1-13-2-6-16(10-12-18)8-4-14-3-7-15/h2*13-14H,3-12H2,1-2H3;11-14H,1-10H2. The van der Waals surface area contributed by atoms with Crippen LogP contribution in [0.15, 0.2) is 0 Å². The van der Waals surface area contributed by atoms with Crippen LogP contribution in [0.5, 0.6) is 0 Å². The fourth-order valence-corrected chi connectivity index (χ4v) is 6.54. The molecule has 3 saturated heterocycles. The summed E-state index contributed by atoms with van der Waals surface area (Å²) in [4.78, 5) is 86.1. The Morgan fingerprint density at radius 3 is 0.586 bits per heavy atom. The minimum absolute atomic E-state index is 0.501. The highest BCUT2D eigenvalue weighted by Crippen LogP contribution is 1.99. The zero-order chi connectivity index (χ0) is 42.6. The number of nitrogens with one attached hydrogen (secondary N) is 2. The van der Waals surface area contributed by atoms with Gasteiger partial charge in [-0.2, -0.15) is 0 Å². The van der Waals surface area contributed by atoms with Crippen molar-refractivity contribution in [2.45, 2.75) is 0 Å². The summed E-state index contributed by atoms with van der Waals surface area (Å²) >= 11 is 0. The van der Waals surface area contributed by atoms with Crippen molar-refractivity contribution in [1.82, 2.24) is 59.6 Å². The van der Waals surface area contributed by atoms with Crippen molar-refractivity contribution >= 4 is 37.7 Å². The summed E-state index contributed by atoms with van der Waals surface area (Å²) in [5, 5.41) is 6.69. The van der Waals surface area contributed by atoms with Crippen LogP contribution in [0, 0.1) is 0 Å². The lowest BCUT2D eigenvalue weighted by atomic mass is 10.3. The van der Waals surface area contributed by atoms with Gasteiger partial charge in [-0.15, -0.1) is 0 Å². The van der Waals surface area contributed by atoms with E-state index in [2.05, 4.69) is 87.8 Å². The molecular formula is C40H80N12O6. The van der Waals surface area contributed by atoms with Crippen molar-refractivity contribution in [1.29, 1.82) is 0 Å². The fourth-order valence-electron chi connectivity index (χ4n) is 6.54. The minimum atomic E-state index is 0.501. The number of carbonyl (C=O) groups is 6. The van der Waals surface area contributed by atoms with Crippen LogP contribution in [-0.4, -0.2) is 311 Å². The first-order valence-corrected chi connectivity index (χ1v) is 21.3. The Morgan fingerprint density at radius 2 is 0.431 bits per heavy atom. The quantitative estimate of drug-likeness (QED) is 0.183. The first-order valence-electron chi connectivity index (χ1n) is 21.3. The first-order chi connectivity index (χ1) is 28.2. The largest absolute Gasteiger partial charge is 0.314 e. The molecule has 0 atom stereocenters. The molecule has 0 amide bonds. The summed E-state index contributed by atoms with van der Waals surface area (Å²) < 4.78 is 0. The maximum atomic E-state index is 10.7. The smallest absolute Gasteiger partial charge is 0.133 e. The van der Waals surface area contributed by atoms with Gasteiger partial charge in [-0.1, -0.05) is 0 Å². The first kappa shape index (κ1) is 53.6. The number of hydrogen-bond acceptors (Lipinski definition) is 18. The third kappa shape index (κ3) is 28.9. The number of likely N-dealkylation sites (N-methyl/N-ethyl adjacent to an activating group) is 4. The zero-order valence-electron chi connectivity index (χ0n) is 36.6. The van der Waals surface area contributed by atoms with Gasteiger partial charge in [-0.05, 0) is 28.2 Å². The van der Waals surface area contributed by atoms with Crippen molar-refractivity contribution < 1.29 is 28.8 Å². The highest BCUT2D eigenvalue weighted by Gasteiger charge is 2.15. The lowest BCUT2D eigenvalue weighted by molar-refractivity contribution is -0.110. The molecule has 0 aromatic carbocycles. The van der Waals surface area contributed by atoms with E-state index in [-0.39, 0.29) is 0 Å². The van der Waals surface area contributed by atoms with E-state index >= 15 is 0 Å². The molecule has 3 aliphatic rings. The molecular weight excluding hydrogens is 745 g/mol. The molecule has 18 nitrogen and oxygen atoms in total. The summed E-state index contributed by atoms with van der Waals surface area (Å²) in [6, 6.07) is 0. The second kappa shape index (κ2) is 36.4. The van der Waals surface area contributed by atoms with E-state index < -0.39 is 0 Å². The summed E-state index contributed by atoms with van der Waals surface area (Å²) in [6.45, 7) is 25.0. The van der Waals surface area contributed by atoms with E-state index in [1.807, 2.05) is 0 Å². The molecule has 3 aliphatic heterocycles. The predicted molar refractivity (Wildman–Crippen MR) is 231 cm³/mol. The van der Waals surface area contributed by atoms with Gasteiger partial charge in [0.15, 0.2) is 0 Å². The van der Waals surface area contributed by atoms with Crippen molar-refractivity contribution in [2.75, 3.05) is 225 Å². The van der Waals surface area contributed by atoms with Gasteiger partial charge in [0.05, 0.1) is 39.3 Å². The van der Waals surface area contributed by atoms with E-state index in [9.17, 15) is 28.8 Å². The number of rotatable bonds is 12. The molecule has 0 saturated carbocycles. The number of aldehydes is 6.